The topological polar surface area (TPSA) is 213 Å². The van der Waals surface area contributed by atoms with Crippen molar-refractivity contribution in [2.24, 2.45) is 0 Å². The van der Waals surface area contributed by atoms with Crippen LogP contribution in [0.15, 0.2) is 49.1 Å². The molecule has 29 heteroatoms. The van der Waals surface area contributed by atoms with E-state index in [0.717, 1.165) is 58.0 Å². The maximum absolute atomic E-state index is 13.6. The number of aliphatic hydroxyl groups excluding tert-OH is 2. The summed E-state index contributed by atoms with van der Waals surface area (Å²) in [6, 6.07) is 11.8. The summed E-state index contributed by atoms with van der Waals surface area (Å²) >= 11 is 3.15. The first-order chi connectivity index (χ1) is 34.7. The number of fused-ring (bicyclic) bond motifs is 2. The number of aliphatic hydroxyl groups is 2. The van der Waals surface area contributed by atoms with Crippen LogP contribution in [0, 0.1) is 0 Å². The van der Waals surface area contributed by atoms with Gasteiger partial charge in [-0.25, -0.2) is 32.6 Å². The van der Waals surface area contributed by atoms with Crippen LogP contribution in [0.1, 0.15) is 38.9 Å². The number of aromatic hydroxyl groups is 1. The Morgan fingerprint density at radius 2 is 1.39 bits per heavy atom. The molecule has 6 heterocycles. The van der Waals surface area contributed by atoms with Crippen molar-refractivity contribution in [2.75, 3.05) is 120 Å². The van der Waals surface area contributed by atoms with E-state index in [1.165, 1.54) is 6.08 Å². The molecule has 5 aliphatic rings. The number of rotatable bonds is 14. The average molecular weight is 1360 g/mol. The number of nitrogens with zero attached hydrogens (tertiary/aromatic N) is 8. The Bertz CT molecular complexity index is 2090. The van der Waals surface area contributed by atoms with Crippen LogP contribution in [0.25, 0.3) is 16.2 Å². The van der Waals surface area contributed by atoms with Gasteiger partial charge in [-0.15, -0.1) is 36.4 Å². The number of carbonyl (C=O) groups is 2. The SMILES string of the molecule is C=CC(=O)N1CCN(c2nc(OCCCN3C[C@@H](F)[C@@H](F)C3)nc3c2CCN(c2cc(O)cc4ccccc24)C3)CC1.CC=[N-].Cl.F[C@@H]1CNC[C@@H]1F.I.O=CO[O-].OCCCBr.OCCCN1C[C@@H](F)[C@@H](F)C1.[H-].[K+].[K+].[Na+]. The van der Waals surface area contributed by atoms with Crippen LogP contribution in [0.5, 0.6) is 11.8 Å². The number of phenolic OH excluding ortho intramolecular Hbond substituents is 1. The molecule has 1 aromatic heterocycles. The summed E-state index contributed by atoms with van der Waals surface area (Å²) in [5.74, 6) is 0.958. The number of nitrogens with one attached hydrogen (secondary N) is 1. The van der Waals surface area contributed by atoms with Gasteiger partial charge in [-0.05, 0) is 43.2 Å². The molecule has 77 heavy (non-hydrogen) atoms. The van der Waals surface area contributed by atoms with Gasteiger partial charge in [0, 0.05) is 126 Å². The van der Waals surface area contributed by atoms with E-state index in [2.05, 4.69) is 48.6 Å². The smallest absolute Gasteiger partial charge is 1.00 e. The summed E-state index contributed by atoms with van der Waals surface area (Å²) < 4.78 is 81.9. The number of likely N-dealkylation sites (tertiary alicyclic amines) is 2. The number of ether oxygens (including phenoxy) is 1. The second kappa shape index (κ2) is 46.8. The van der Waals surface area contributed by atoms with Gasteiger partial charge in [0.2, 0.25) is 5.91 Å². The van der Waals surface area contributed by atoms with E-state index in [9.17, 15) is 36.2 Å². The maximum atomic E-state index is 13.6. The van der Waals surface area contributed by atoms with Crippen molar-refractivity contribution >= 4 is 93.2 Å². The van der Waals surface area contributed by atoms with Crippen LogP contribution in [-0.4, -0.2) is 206 Å². The van der Waals surface area contributed by atoms with Gasteiger partial charge in [0.15, 0.2) is 0 Å². The molecule has 0 spiro atoms. The Labute approximate surface area is 588 Å². The first-order valence-corrected chi connectivity index (χ1v) is 24.9. The molecule has 8 rings (SSSR count). The fourth-order valence-electron chi connectivity index (χ4n) is 8.10. The van der Waals surface area contributed by atoms with Crippen molar-refractivity contribution in [3.05, 3.63) is 65.7 Å². The number of benzene rings is 2. The molecule has 422 valence electrons. The van der Waals surface area contributed by atoms with Gasteiger partial charge >= 0.3 is 138 Å². The molecule has 5 aliphatic heterocycles. The number of carbonyl (C=O) groups excluding carboxylic acids is 2. The number of amides is 1. The third-order valence-corrected chi connectivity index (χ3v) is 12.2. The van der Waals surface area contributed by atoms with Gasteiger partial charge in [-0.2, -0.15) is 9.97 Å². The Kier molecular flexibility index (Phi) is 49.6. The summed E-state index contributed by atoms with van der Waals surface area (Å²) in [5, 5.41) is 48.3. The van der Waals surface area contributed by atoms with Crippen molar-refractivity contribution in [3.8, 4) is 11.8 Å². The summed E-state index contributed by atoms with van der Waals surface area (Å²) in [7, 11) is 0. The Hall–Kier alpha value is 0.443. The molecule has 4 fully saturated rings. The van der Waals surface area contributed by atoms with E-state index in [1.807, 2.05) is 18.2 Å². The van der Waals surface area contributed by atoms with Gasteiger partial charge in [-0.1, -0.05) is 53.7 Å². The molecular weight excluding hydrogens is 1290 g/mol. The second-order valence-electron chi connectivity index (χ2n) is 16.9. The van der Waals surface area contributed by atoms with Crippen molar-refractivity contribution in [2.45, 2.75) is 76.2 Å². The fourth-order valence-corrected chi connectivity index (χ4v) is 8.35. The van der Waals surface area contributed by atoms with E-state index in [0.29, 0.717) is 78.3 Å². The third-order valence-electron chi connectivity index (χ3n) is 11.7. The summed E-state index contributed by atoms with van der Waals surface area (Å²) in [4.78, 5) is 42.7. The molecule has 4 saturated heterocycles. The van der Waals surface area contributed by atoms with E-state index in [-0.39, 0.29) is 240 Å². The summed E-state index contributed by atoms with van der Waals surface area (Å²) in [6.07, 6.45) is -2.92. The molecule has 0 aliphatic carbocycles. The van der Waals surface area contributed by atoms with Crippen LogP contribution in [0.2, 0.25) is 0 Å². The van der Waals surface area contributed by atoms with E-state index in [1.54, 1.807) is 33.8 Å². The largest absolute Gasteiger partial charge is 1.00 e. The van der Waals surface area contributed by atoms with Crippen LogP contribution in [0.4, 0.5) is 37.8 Å². The number of piperazine rings is 1. The van der Waals surface area contributed by atoms with Gasteiger partial charge in [0.05, 0.1) is 18.8 Å². The minimum absolute atomic E-state index is 0. The Morgan fingerprint density at radius 1 is 0.870 bits per heavy atom. The predicted molar refractivity (Wildman–Crippen MR) is 290 cm³/mol. The molecule has 0 saturated carbocycles. The molecule has 1 amide bonds. The van der Waals surface area contributed by atoms with Crippen LogP contribution in [0.3, 0.4) is 0 Å². The minimum atomic E-state index is -1.42. The minimum Gasteiger partial charge on any atom is -1.00 e. The fraction of sp³-hybridized carbons (Fsp3) is 0.604. The molecule has 3 aromatic rings. The molecule has 0 unspecified atom stereocenters. The zero-order valence-electron chi connectivity index (χ0n) is 45.3. The molecule has 2 aromatic carbocycles. The molecule has 4 N–H and O–H groups in total. The molecule has 17 nitrogen and oxygen atoms in total. The standard InChI is InChI=1S/C31H36F2N6O3.C7H13F2NO.C4H7F2N.C3H7BrO.C2H4N.CH2O3.ClH.HI.2K.Na.H/c1-2-29(41)37-11-13-38(14-12-37)30-24-8-10-39(28-17-22(40)16-21-6-3-4-7-23(21)28)20-27(24)34-31(35-30)42-15-5-9-36-18-25(32)26(33)19-36;8-6-4-10(2-1-3-11)5-7(6)9;5-3-1-7-2-4(3)6;4-2-1-3-5;1-2-3;2-1-4-3;;;;;;/h2-4,6-7,16-17,25-26,40H,1,5,8-15,18-20H2;6-7,11H,1-5H2;3-4,7H,1-2H2;5H,1-3H2;2H,1H3;1,3H;2*1H;;;;/q;;;;-1;;;;3*+1;-1/p-1/t25-,26+;6-,7+;3-,4+;;;;;;;;;. The van der Waals surface area contributed by atoms with Gasteiger partial charge in [0.1, 0.15) is 48.6 Å². The monoisotopic (exact) mass is 1360 g/mol. The first kappa shape index (κ1) is 81.7. The van der Waals surface area contributed by atoms with E-state index >= 15 is 0 Å². The number of halogens is 9. The molecule has 0 radical (unpaired) electrons. The summed E-state index contributed by atoms with van der Waals surface area (Å²) in [5.41, 5.74) is 2.86. The second-order valence-corrected chi connectivity index (χ2v) is 17.7. The zero-order chi connectivity index (χ0) is 53.0. The summed E-state index contributed by atoms with van der Waals surface area (Å²) in [6.45, 7) is 11.4. The van der Waals surface area contributed by atoms with E-state index < -0.39 is 37.0 Å². The van der Waals surface area contributed by atoms with Gasteiger partial charge in [0.25, 0.3) is 6.47 Å². The number of aromatic nitrogens is 2. The van der Waals surface area contributed by atoms with Crippen molar-refractivity contribution in [1.82, 2.24) is 30.0 Å². The first-order valence-electron chi connectivity index (χ1n) is 23.8. The normalized spacial score (nSPS) is 21.0. The number of hydrogen-bond donors (Lipinski definition) is 4. The molecule has 6 atom stereocenters. The van der Waals surface area contributed by atoms with Crippen LogP contribution < -0.4 is 157 Å². The quantitative estimate of drug-likeness (QED) is 0.0116. The van der Waals surface area contributed by atoms with Crippen molar-refractivity contribution in [1.29, 1.82) is 0 Å². The van der Waals surface area contributed by atoms with Crippen molar-refractivity contribution in [3.63, 3.8) is 0 Å². The number of phenols is 1. The number of anilines is 2. The van der Waals surface area contributed by atoms with Crippen molar-refractivity contribution < 1.29 is 200 Å². The maximum Gasteiger partial charge on any atom is 1.00 e. The third kappa shape index (κ3) is 29.2. The predicted octanol–water partition coefficient (Wildman–Crippen LogP) is -3.87. The van der Waals surface area contributed by atoms with Gasteiger partial charge in [-0.3, -0.25) is 19.4 Å². The number of alkyl halides is 7. The average Bonchev–Trinajstić information content (AvgIpc) is 4.05. The van der Waals surface area contributed by atoms with Crippen LogP contribution in [-0.2, 0) is 27.4 Å². The van der Waals surface area contributed by atoms with Gasteiger partial charge < -0.3 is 57.1 Å². The Balaban J connectivity index is -0.000000625. The van der Waals surface area contributed by atoms with E-state index in [4.69, 9.17) is 40.4 Å². The number of hydrogen-bond acceptors (Lipinski definition) is 15. The molecular formula is C48H71BrClF6IK2N9NaO8. The molecule has 0 bridgehead atoms. The Morgan fingerprint density at radius 3 is 1.84 bits per heavy atom. The van der Waals surface area contributed by atoms with Crippen LogP contribution >= 0.6 is 52.3 Å². The zero-order valence-corrected chi connectivity index (χ0v) is 57.3.